The van der Waals surface area contributed by atoms with Crippen LogP contribution in [0.4, 0.5) is 23.2 Å². The van der Waals surface area contributed by atoms with E-state index in [2.05, 4.69) is 20.5 Å². The Morgan fingerprint density at radius 2 is 1.86 bits per heavy atom. The number of rotatable bonds is 6. The van der Waals surface area contributed by atoms with E-state index in [1.165, 1.54) is 40.0 Å². The quantitative estimate of drug-likeness (QED) is 0.310. The van der Waals surface area contributed by atoms with Crippen LogP contribution in [0.2, 0.25) is 0 Å². The third kappa shape index (κ3) is 5.20. The largest absolute Gasteiger partial charge is 0.416 e. The Hall–Kier alpha value is -4.54. The predicted octanol–water partition coefficient (Wildman–Crippen LogP) is 5.45. The van der Waals surface area contributed by atoms with Crippen LogP contribution in [0, 0.1) is 12.7 Å². The van der Waals surface area contributed by atoms with Crippen molar-refractivity contribution in [2.45, 2.75) is 26.2 Å². The second-order valence-electron chi connectivity index (χ2n) is 8.48. The maximum Gasteiger partial charge on any atom is 0.416 e. The minimum absolute atomic E-state index is 0.110. The molecule has 188 valence electrons. The number of nitrogens with one attached hydrogen (secondary N) is 1. The highest BCUT2D eigenvalue weighted by Gasteiger charge is 2.30. The van der Waals surface area contributed by atoms with Gasteiger partial charge in [0.25, 0.3) is 0 Å². The van der Waals surface area contributed by atoms with Gasteiger partial charge in [-0.1, -0.05) is 24.3 Å². The van der Waals surface area contributed by atoms with Gasteiger partial charge >= 0.3 is 6.18 Å². The van der Waals surface area contributed by atoms with Crippen LogP contribution in [0.3, 0.4) is 0 Å². The number of alkyl halides is 3. The van der Waals surface area contributed by atoms with E-state index in [9.17, 15) is 22.4 Å². The summed E-state index contributed by atoms with van der Waals surface area (Å²) in [6.07, 6.45) is 0.135. The summed E-state index contributed by atoms with van der Waals surface area (Å²) in [7, 11) is 0. The average Bonchev–Trinajstić information content (AvgIpc) is 3.42. The van der Waals surface area contributed by atoms with E-state index in [0.717, 1.165) is 28.6 Å². The normalized spacial score (nSPS) is 11.7. The number of anilines is 1. The van der Waals surface area contributed by atoms with Crippen molar-refractivity contribution < 1.29 is 22.4 Å². The third-order valence-corrected chi connectivity index (χ3v) is 5.77. The Bertz CT molecular complexity index is 1590. The Morgan fingerprint density at radius 1 is 1.08 bits per heavy atom. The van der Waals surface area contributed by atoms with Gasteiger partial charge in [0.1, 0.15) is 12.4 Å². The first-order valence-electron chi connectivity index (χ1n) is 11.2. The van der Waals surface area contributed by atoms with Crippen LogP contribution in [0.15, 0.2) is 73.2 Å². The SMILES string of the molecule is Cc1nn(CC(=O)Nc2cnn(Cc3cccc(C(F)(F)F)c3)c2)c2nccc(-c3ccc(F)cc3)c12. The summed E-state index contributed by atoms with van der Waals surface area (Å²) in [5.74, 6) is -0.715. The topological polar surface area (TPSA) is 77.6 Å². The number of carbonyl (C=O) groups excluding carboxylic acids is 1. The van der Waals surface area contributed by atoms with Crippen LogP contribution >= 0.6 is 0 Å². The molecule has 11 heteroatoms. The molecule has 0 atom stereocenters. The number of hydrogen-bond donors (Lipinski definition) is 1. The van der Waals surface area contributed by atoms with E-state index in [1.807, 2.05) is 13.0 Å². The van der Waals surface area contributed by atoms with Gasteiger partial charge in [0.15, 0.2) is 5.65 Å². The average molecular weight is 508 g/mol. The van der Waals surface area contributed by atoms with Gasteiger partial charge in [-0.3, -0.25) is 9.48 Å². The first kappa shape index (κ1) is 24.2. The van der Waals surface area contributed by atoms with Crippen LogP contribution in [0.5, 0.6) is 0 Å². The summed E-state index contributed by atoms with van der Waals surface area (Å²) >= 11 is 0. The molecule has 5 aromatic rings. The summed E-state index contributed by atoms with van der Waals surface area (Å²) in [5.41, 5.74) is 2.89. The highest BCUT2D eigenvalue weighted by atomic mass is 19.4. The summed E-state index contributed by atoms with van der Waals surface area (Å²) in [5, 5.41) is 12.1. The lowest BCUT2D eigenvalue weighted by atomic mass is 10.0. The molecular weight excluding hydrogens is 488 g/mol. The molecule has 3 aromatic heterocycles. The number of nitrogens with zero attached hydrogens (tertiary/aromatic N) is 5. The molecule has 7 nitrogen and oxygen atoms in total. The fourth-order valence-electron chi connectivity index (χ4n) is 4.15. The van der Waals surface area contributed by atoms with Crippen molar-refractivity contribution in [1.82, 2.24) is 24.5 Å². The molecule has 0 saturated heterocycles. The number of carbonyl (C=O) groups is 1. The maximum atomic E-state index is 13.4. The van der Waals surface area contributed by atoms with Gasteiger partial charge in [0.2, 0.25) is 5.91 Å². The number of halogens is 4. The molecule has 0 saturated carbocycles. The van der Waals surface area contributed by atoms with E-state index < -0.39 is 11.7 Å². The molecule has 1 amide bonds. The lowest BCUT2D eigenvalue weighted by molar-refractivity contribution is -0.137. The number of fused-ring (bicyclic) bond motifs is 1. The van der Waals surface area contributed by atoms with Crippen molar-refractivity contribution in [3.8, 4) is 11.1 Å². The Balaban J connectivity index is 1.30. The van der Waals surface area contributed by atoms with E-state index in [4.69, 9.17) is 0 Å². The second-order valence-corrected chi connectivity index (χ2v) is 8.48. The molecule has 1 N–H and O–H groups in total. The molecule has 0 aliphatic rings. The number of pyridine rings is 1. The molecule has 0 bridgehead atoms. The van der Waals surface area contributed by atoms with Gasteiger partial charge in [-0.05, 0) is 53.9 Å². The molecule has 0 spiro atoms. The Morgan fingerprint density at radius 3 is 2.62 bits per heavy atom. The predicted molar refractivity (Wildman–Crippen MR) is 129 cm³/mol. The third-order valence-electron chi connectivity index (χ3n) is 5.77. The van der Waals surface area contributed by atoms with E-state index >= 15 is 0 Å². The lowest BCUT2D eigenvalue weighted by Crippen LogP contribution is -2.19. The molecular formula is C26H20F4N6O. The summed E-state index contributed by atoms with van der Waals surface area (Å²) in [4.78, 5) is 17.1. The van der Waals surface area contributed by atoms with E-state index in [1.54, 1.807) is 24.4 Å². The molecule has 0 unspecified atom stereocenters. The Kier molecular flexibility index (Phi) is 6.20. The first-order chi connectivity index (χ1) is 17.7. The Labute approximate surface area is 208 Å². The number of amides is 1. The van der Waals surface area contributed by atoms with Gasteiger partial charge in [-0.2, -0.15) is 23.4 Å². The van der Waals surface area contributed by atoms with Crippen molar-refractivity contribution in [2.24, 2.45) is 0 Å². The molecule has 0 fully saturated rings. The molecule has 0 radical (unpaired) electrons. The van der Waals surface area contributed by atoms with Crippen LogP contribution in [0.25, 0.3) is 22.2 Å². The fourth-order valence-corrected chi connectivity index (χ4v) is 4.15. The van der Waals surface area contributed by atoms with Gasteiger partial charge in [-0.25, -0.2) is 14.1 Å². The van der Waals surface area contributed by atoms with Crippen LogP contribution < -0.4 is 5.32 Å². The van der Waals surface area contributed by atoms with Crippen molar-refractivity contribution >= 4 is 22.6 Å². The lowest BCUT2D eigenvalue weighted by Gasteiger charge is -2.08. The zero-order chi connectivity index (χ0) is 26.2. The summed E-state index contributed by atoms with van der Waals surface area (Å²) in [6.45, 7) is 1.80. The summed E-state index contributed by atoms with van der Waals surface area (Å²) < 4.78 is 55.2. The maximum absolute atomic E-state index is 13.4. The minimum Gasteiger partial charge on any atom is -0.322 e. The first-order valence-corrected chi connectivity index (χ1v) is 11.2. The van der Waals surface area contributed by atoms with Crippen LogP contribution in [-0.4, -0.2) is 30.5 Å². The van der Waals surface area contributed by atoms with E-state index in [-0.39, 0.29) is 24.8 Å². The molecule has 0 aliphatic carbocycles. The zero-order valence-electron chi connectivity index (χ0n) is 19.5. The minimum atomic E-state index is -4.43. The van der Waals surface area contributed by atoms with Crippen molar-refractivity contribution in [2.75, 3.05) is 5.32 Å². The standard InChI is InChI=1S/C26H20F4N6O/c1-16-24-22(18-5-7-20(27)8-6-18)9-10-31-25(24)36(34-16)15-23(37)33-21-12-32-35(14-21)13-17-3-2-4-19(11-17)26(28,29)30/h2-12,14H,13,15H2,1H3,(H,33,37). The van der Waals surface area contributed by atoms with Gasteiger partial charge in [0, 0.05) is 17.8 Å². The van der Waals surface area contributed by atoms with Gasteiger partial charge in [-0.15, -0.1) is 0 Å². The van der Waals surface area contributed by atoms with Crippen LogP contribution in [0.1, 0.15) is 16.8 Å². The number of aromatic nitrogens is 5. The number of aryl methyl sites for hydroxylation is 1. The highest BCUT2D eigenvalue weighted by molar-refractivity contribution is 5.96. The van der Waals surface area contributed by atoms with Crippen molar-refractivity contribution in [1.29, 1.82) is 0 Å². The highest BCUT2D eigenvalue weighted by Crippen LogP contribution is 2.31. The fraction of sp³-hybridized carbons (Fsp3) is 0.154. The van der Waals surface area contributed by atoms with Gasteiger partial charge < -0.3 is 5.32 Å². The van der Waals surface area contributed by atoms with E-state index in [0.29, 0.717) is 22.6 Å². The second kappa shape index (κ2) is 9.49. The number of benzene rings is 2. The molecule has 3 heterocycles. The monoisotopic (exact) mass is 508 g/mol. The van der Waals surface area contributed by atoms with Crippen molar-refractivity contribution in [3.63, 3.8) is 0 Å². The van der Waals surface area contributed by atoms with Crippen molar-refractivity contribution in [3.05, 3.63) is 95.8 Å². The summed E-state index contributed by atoms with van der Waals surface area (Å²) in [6, 6.07) is 12.9. The van der Waals surface area contributed by atoms with Gasteiger partial charge in [0.05, 0.1) is 29.7 Å². The molecule has 37 heavy (non-hydrogen) atoms. The number of hydrogen-bond acceptors (Lipinski definition) is 4. The molecule has 5 rings (SSSR count). The zero-order valence-corrected chi connectivity index (χ0v) is 19.5. The molecule has 0 aliphatic heterocycles. The van der Waals surface area contributed by atoms with Crippen LogP contribution in [-0.2, 0) is 24.1 Å². The molecule has 2 aromatic carbocycles. The smallest absolute Gasteiger partial charge is 0.322 e.